The van der Waals surface area contributed by atoms with Crippen molar-refractivity contribution in [2.24, 2.45) is 0 Å². The van der Waals surface area contributed by atoms with E-state index in [0.717, 1.165) is 24.3 Å². The summed E-state index contributed by atoms with van der Waals surface area (Å²) in [5.41, 5.74) is 0.893. The van der Waals surface area contributed by atoms with Gasteiger partial charge in [-0.05, 0) is 37.7 Å². The summed E-state index contributed by atoms with van der Waals surface area (Å²) in [5.74, 6) is 0.723. The first-order valence-electron chi connectivity index (χ1n) is 6.87. The Morgan fingerprint density at radius 1 is 1.24 bits per heavy atom. The zero-order valence-electron chi connectivity index (χ0n) is 13.2. The average Bonchev–Trinajstić information content (AvgIpc) is 2.47. The van der Waals surface area contributed by atoms with Crippen molar-refractivity contribution < 1.29 is 13.2 Å². The van der Waals surface area contributed by atoms with Crippen molar-refractivity contribution in [2.45, 2.75) is 13.0 Å². The Labute approximate surface area is 127 Å². The summed E-state index contributed by atoms with van der Waals surface area (Å²) in [6.45, 7) is 1.60. The van der Waals surface area contributed by atoms with Gasteiger partial charge in [0.15, 0.2) is 0 Å². The maximum atomic E-state index is 12.4. The highest BCUT2D eigenvalue weighted by Crippen LogP contribution is 2.16. The van der Waals surface area contributed by atoms with E-state index in [1.165, 1.54) is 8.61 Å². The standard InChI is InChI=1S/C14H25N3O3S/c1-15-9-6-10-16(2)21(18,19)17(3)12-13-7-5-8-14(11-13)20-4/h5,7-8,11,15H,6,9-10,12H2,1-4H3. The summed E-state index contributed by atoms with van der Waals surface area (Å²) in [6, 6.07) is 7.41. The van der Waals surface area contributed by atoms with E-state index in [-0.39, 0.29) is 0 Å². The van der Waals surface area contributed by atoms with E-state index in [2.05, 4.69) is 5.32 Å². The quantitative estimate of drug-likeness (QED) is 0.688. The number of nitrogens with zero attached hydrogens (tertiary/aromatic N) is 2. The van der Waals surface area contributed by atoms with Gasteiger partial charge in [-0.1, -0.05) is 12.1 Å². The van der Waals surface area contributed by atoms with Crippen molar-refractivity contribution in [1.29, 1.82) is 0 Å². The van der Waals surface area contributed by atoms with Crippen LogP contribution in [0.25, 0.3) is 0 Å². The fourth-order valence-corrected chi connectivity index (χ4v) is 3.09. The van der Waals surface area contributed by atoms with Crippen LogP contribution < -0.4 is 10.1 Å². The molecule has 0 radical (unpaired) electrons. The monoisotopic (exact) mass is 315 g/mol. The summed E-state index contributed by atoms with van der Waals surface area (Å²) in [7, 11) is 3.19. The van der Waals surface area contributed by atoms with Crippen molar-refractivity contribution in [3.8, 4) is 5.75 Å². The molecule has 0 saturated heterocycles. The Kier molecular flexibility index (Phi) is 7.10. The van der Waals surface area contributed by atoms with E-state index in [0.29, 0.717) is 13.1 Å². The first-order chi connectivity index (χ1) is 9.91. The van der Waals surface area contributed by atoms with Crippen LogP contribution in [0.2, 0.25) is 0 Å². The highest BCUT2D eigenvalue weighted by molar-refractivity contribution is 7.86. The molecular weight excluding hydrogens is 290 g/mol. The lowest BCUT2D eigenvalue weighted by Gasteiger charge is -2.24. The maximum Gasteiger partial charge on any atom is 0.281 e. The van der Waals surface area contributed by atoms with Crippen molar-refractivity contribution in [3.63, 3.8) is 0 Å². The van der Waals surface area contributed by atoms with Crippen LogP contribution in [0.1, 0.15) is 12.0 Å². The van der Waals surface area contributed by atoms with E-state index >= 15 is 0 Å². The number of ether oxygens (including phenoxy) is 1. The number of benzene rings is 1. The molecule has 1 rings (SSSR count). The van der Waals surface area contributed by atoms with Crippen LogP contribution in [0.4, 0.5) is 0 Å². The maximum absolute atomic E-state index is 12.4. The van der Waals surface area contributed by atoms with Gasteiger partial charge in [-0.2, -0.15) is 17.0 Å². The zero-order chi connectivity index (χ0) is 15.9. The number of hydrogen-bond acceptors (Lipinski definition) is 4. The number of rotatable bonds is 9. The molecule has 0 aliphatic rings. The van der Waals surface area contributed by atoms with Crippen LogP contribution in [0.15, 0.2) is 24.3 Å². The minimum absolute atomic E-state index is 0.315. The van der Waals surface area contributed by atoms with Crippen LogP contribution in [-0.2, 0) is 16.8 Å². The zero-order valence-corrected chi connectivity index (χ0v) is 14.0. The van der Waals surface area contributed by atoms with Gasteiger partial charge in [0.1, 0.15) is 5.75 Å². The largest absolute Gasteiger partial charge is 0.497 e. The van der Waals surface area contributed by atoms with E-state index in [1.807, 2.05) is 31.3 Å². The lowest BCUT2D eigenvalue weighted by Crippen LogP contribution is -2.40. The molecule has 0 saturated carbocycles. The fourth-order valence-electron chi connectivity index (χ4n) is 1.94. The van der Waals surface area contributed by atoms with Crippen LogP contribution in [0.3, 0.4) is 0 Å². The minimum atomic E-state index is -3.44. The molecule has 0 amide bonds. The molecule has 7 heteroatoms. The summed E-state index contributed by atoms with van der Waals surface area (Å²) < 4.78 is 32.6. The average molecular weight is 315 g/mol. The lowest BCUT2D eigenvalue weighted by atomic mass is 10.2. The van der Waals surface area contributed by atoms with Gasteiger partial charge in [-0.3, -0.25) is 0 Å². The normalized spacial score (nSPS) is 12.1. The second-order valence-electron chi connectivity index (χ2n) is 4.89. The number of hydrogen-bond donors (Lipinski definition) is 1. The predicted octanol–water partition coefficient (Wildman–Crippen LogP) is 0.913. The van der Waals surface area contributed by atoms with Crippen molar-refractivity contribution in [3.05, 3.63) is 29.8 Å². The second kappa shape index (κ2) is 8.33. The molecule has 21 heavy (non-hydrogen) atoms. The smallest absolute Gasteiger partial charge is 0.281 e. The Morgan fingerprint density at radius 2 is 1.95 bits per heavy atom. The second-order valence-corrected chi connectivity index (χ2v) is 7.04. The molecule has 1 N–H and O–H groups in total. The molecule has 1 aromatic rings. The van der Waals surface area contributed by atoms with Gasteiger partial charge in [0.2, 0.25) is 0 Å². The van der Waals surface area contributed by atoms with Gasteiger partial charge in [-0.25, -0.2) is 0 Å². The Hall–Kier alpha value is -1.15. The highest BCUT2D eigenvalue weighted by Gasteiger charge is 2.23. The molecule has 0 heterocycles. The third-order valence-electron chi connectivity index (χ3n) is 3.23. The number of nitrogens with one attached hydrogen (secondary N) is 1. The van der Waals surface area contributed by atoms with E-state index in [1.54, 1.807) is 21.2 Å². The molecule has 120 valence electrons. The van der Waals surface area contributed by atoms with Crippen LogP contribution in [0, 0.1) is 0 Å². The van der Waals surface area contributed by atoms with Gasteiger partial charge in [-0.15, -0.1) is 0 Å². The topological polar surface area (TPSA) is 61.9 Å². The summed E-state index contributed by atoms with van der Waals surface area (Å²) in [5, 5.41) is 3.01. The highest BCUT2D eigenvalue weighted by atomic mass is 32.2. The summed E-state index contributed by atoms with van der Waals surface area (Å²) >= 11 is 0. The fraction of sp³-hybridized carbons (Fsp3) is 0.571. The molecular formula is C14H25N3O3S. The van der Waals surface area contributed by atoms with E-state index in [9.17, 15) is 8.42 Å². The van der Waals surface area contributed by atoms with Gasteiger partial charge >= 0.3 is 0 Å². The molecule has 0 aliphatic carbocycles. The predicted molar refractivity (Wildman–Crippen MR) is 84.6 cm³/mol. The molecule has 0 bridgehead atoms. The molecule has 0 aliphatic heterocycles. The third-order valence-corrected chi connectivity index (χ3v) is 5.11. The molecule has 0 spiro atoms. The SMILES string of the molecule is CNCCCN(C)S(=O)(=O)N(C)Cc1cccc(OC)c1. The molecule has 0 fully saturated rings. The van der Waals surface area contributed by atoms with Gasteiger partial charge in [0.05, 0.1) is 7.11 Å². The Morgan fingerprint density at radius 3 is 2.57 bits per heavy atom. The first kappa shape index (κ1) is 17.9. The molecule has 0 atom stereocenters. The lowest BCUT2D eigenvalue weighted by molar-refractivity contribution is 0.383. The first-order valence-corrected chi connectivity index (χ1v) is 8.26. The van der Waals surface area contributed by atoms with Gasteiger partial charge < -0.3 is 10.1 Å². The molecule has 0 aromatic heterocycles. The van der Waals surface area contributed by atoms with Crippen LogP contribution in [-0.4, -0.2) is 58.4 Å². The molecule has 0 unspecified atom stereocenters. The minimum Gasteiger partial charge on any atom is -0.497 e. The molecule has 6 nitrogen and oxygen atoms in total. The van der Waals surface area contributed by atoms with Crippen molar-refractivity contribution in [1.82, 2.24) is 13.9 Å². The van der Waals surface area contributed by atoms with Crippen LogP contribution in [0.5, 0.6) is 5.75 Å². The van der Waals surface area contributed by atoms with Gasteiger partial charge in [0.25, 0.3) is 10.2 Å². The van der Waals surface area contributed by atoms with Gasteiger partial charge in [0, 0.05) is 27.2 Å². The Bertz CT molecular complexity index is 534. The van der Waals surface area contributed by atoms with E-state index < -0.39 is 10.2 Å². The van der Waals surface area contributed by atoms with Crippen molar-refractivity contribution >= 4 is 10.2 Å². The molecule has 1 aromatic carbocycles. The van der Waals surface area contributed by atoms with Crippen molar-refractivity contribution in [2.75, 3.05) is 41.3 Å². The summed E-state index contributed by atoms with van der Waals surface area (Å²) in [4.78, 5) is 0. The van der Waals surface area contributed by atoms with Crippen LogP contribution >= 0.6 is 0 Å². The summed E-state index contributed by atoms with van der Waals surface area (Å²) in [6.07, 6.45) is 0.777. The third kappa shape index (κ3) is 5.28. The Balaban J connectivity index is 2.69. The number of methoxy groups -OCH3 is 1. The van der Waals surface area contributed by atoms with E-state index in [4.69, 9.17) is 4.74 Å².